The quantitative estimate of drug-likeness (QED) is 0.429. The number of nitrogens with zero attached hydrogens (tertiary/aromatic N) is 1. The van der Waals surface area contributed by atoms with Crippen molar-refractivity contribution in [2.24, 2.45) is 0 Å². The second-order valence-electron chi connectivity index (χ2n) is 3.51. The molecule has 0 radical (unpaired) electrons. The van der Waals surface area contributed by atoms with E-state index in [1.807, 2.05) is 0 Å². The van der Waals surface area contributed by atoms with Gasteiger partial charge in [-0.3, -0.25) is 9.69 Å². The molecule has 1 aliphatic rings. The second-order valence-corrected chi connectivity index (χ2v) is 3.51. The van der Waals surface area contributed by atoms with Gasteiger partial charge in [0.1, 0.15) is 5.70 Å². The Morgan fingerprint density at radius 3 is 2.56 bits per heavy atom. The smallest absolute Gasteiger partial charge is 0.333 e. The Labute approximate surface area is 93.2 Å². The van der Waals surface area contributed by atoms with Crippen LogP contribution in [0.3, 0.4) is 0 Å². The van der Waals surface area contributed by atoms with Crippen LogP contribution in [0.15, 0.2) is 11.8 Å². The van der Waals surface area contributed by atoms with Crippen molar-refractivity contribution in [2.75, 3.05) is 6.61 Å². The summed E-state index contributed by atoms with van der Waals surface area (Å²) in [5.74, 6) is -1.15. The number of hydrogen-bond donors (Lipinski definition) is 1. The van der Waals surface area contributed by atoms with Crippen molar-refractivity contribution in [3.05, 3.63) is 11.8 Å². The molecule has 0 bridgehead atoms. The maximum Gasteiger partial charge on any atom is 0.333 e. The van der Waals surface area contributed by atoms with Gasteiger partial charge in [-0.05, 0) is 20.8 Å². The van der Waals surface area contributed by atoms with Gasteiger partial charge in [0, 0.05) is 6.04 Å². The van der Waals surface area contributed by atoms with Crippen LogP contribution >= 0.6 is 0 Å². The van der Waals surface area contributed by atoms with Crippen molar-refractivity contribution >= 4 is 17.9 Å². The van der Waals surface area contributed by atoms with Crippen molar-refractivity contribution in [2.45, 2.75) is 26.8 Å². The van der Waals surface area contributed by atoms with E-state index < -0.39 is 17.9 Å². The zero-order valence-electron chi connectivity index (χ0n) is 9.44. The minimum absolute atomic E-state index is 0.0443. The summed E-state index contributed by atoms with van der Waals surface area (Å²) in [7, 11) is 0. The summed E-state index contributed by atoms with van der Waals surface area (Å²) >= 11 is 0. The third-order valence-electron chi connectivity index (χ3n) is 1.97. The number of carbonyl (C=O) groups excluding carboxylic acids is 3. The fourth-order valence-electron chi connectivity index (χ4n) is 1.32. The van der Waals surface area contributed by atoms with Gasteiger partial charge in [0.15, 0.2) is 0 Å². The lowest BCUT2D eigenvalue weighted by Crippen LogP contribution is -2.36. The summed E-state index contributed by atoms with van der Waals surface area (Å²) in [5, 5.41) is 2.32. The molecule has 0 aromatic carbocycles. The minimum atomic E-state index is -0.642. The molecule has 3 amide bonds. The number of imide groups is 1. The van der Waals surface area contributed by atoms with E-state index in [9.17, 15) is 14.4 Å². The number of carbonyl (C=O) groups is 3. The van der Waals surface area contributed by atoms with Crippen LogP contribution < -0.4 is 5.32 Å². The van der Waals surface area contributed by atoms with Gasteiger partial charge in [0.05, 0.1) is 12.7 Å². The van der Waals surface area contributed by atoms with Crippen LogP contribution in [0.4, 0.5) is 4.79 Å². The Balaban J connectivity index is 2.84. The van der Waals surface area contributed by atoms with Gasteiger partial charge in [-0.1, -0.05) is 0 Å². The molecule has 1 fully saturated rings. The molecule has 1 heterocycles. The molecule has 0 unspecified atom stereocenters. The van der Waals surface area contributed by atoms with Gasteiger partial charge < -0.3 is 10.1 Å². The molecular formula is C10H14N2O4. The molecule has 0 spiro atoms. The maximum absolute atomic E-state index is 11.7. The van der Waals surface area contributed by atoms with Crippen LogP contribution in [-0.4, -0.2) is 35.5 Å². The molecule has 0 aliphatic carbocycles. The van der Waals surface area contributed by atoms with E-state index in [0.29, 0.717) is 0 Å². The molecule has 0 atom stereocenters. The second kappa shape index (κ2) is 4.78. The number of ether oxygens (including phenoxy) is 1. The predicted molar refractivity (Wildman–Crippen MR) is 55.2 cm³/mol. The number of urea groups is 1. The largest absolute Gasteiger partial charge is 0.463 e. The molecule has 1 rings (SSSR count). The first kappa shape index (κ1) is 12.2. The van der Waals surface area contributed by atoms with Crippen LogP contribution in [-0.2, 0) is 14.3 Å². The van der Waals surface area contributed by atoms with Crippen molar-refractivity contribution in [1.29, 1.82) is 0 Å². The van der Waals surface area contributed by atoms with E-state index in [0.717, 1.165) is 11.0 Å². The van der Waals surface area contributed by atoms with Gasteiger partial charge in [0.25, 0.3) is 5.91 Å². The molecule has 0 aromatic heterocycles. The monoisotopic (exact) mass is 226 g/mol. The summed E-state index contributed by atoms with van der Waals surface area (Å²) < 4.78 is 4.65. The highest BCUT2D eigenvalue weighted by molar-refractivity contribution is 6.13. The lowest BCUT2D eigenvalue weighted by Gasteiger charge is -2.15. The lowest BCUT2D eigenvalue weighted by molar-refractivity contribution is -0.137. The molecule has 88 valence electrons. The zero-order valence-corrected chi connectivity index (χ0v) is 9.44. The molecule has 1 saturated heterocycles. The summed E-state index contributed by atoms with van der Waals surface area (Å²) in [6.45, 7) is 5.31. The summed E-state index contributed by atoms with van der Waals surface area (Å²) in [5.41, 5.74) is -0.0443. The Kier molecular flexibility index (Phi) is 3.65. The Morgan fingerprint density at radius 1 is 1.50 bits per heavy atom. The first-order chi connectivity index (χ1) is 7.47. The normalized spacial score (nSPS) is 18.2. The van der Waals surface area contributed by atoms with E-state index >= 15 is 0 Å². The number of nitrogens with one attached hydrogen (secondary N) is 1. The molecular weight excluding hydrogens is 212 g/mol. The zero-order chi connectivity index (χ0) is 12.3. The van der Waals surface area contributed by atoms with Crippen molar-refractivity contribution in [3.8, 4) is 0 Å². The van der Waals surface area contributed by atoms with Crippen molar-refractivity contribution in [1.82, 2.24) is 10.2 Å². The molecule has 6 nitrogen and oxygen atoms in total. The third kappa shape index (κ3) is 2.39. The topological polar surface area (TPSA) is 75.7 Å². The van der Waals surface area contributed by atoms with Gasteiger partial charge in [0.2, 0.25) is 0 Å². The van der Waals surface area contributed by atoms with Crippen LogP contribution in [0.2, 0.25) is 0 Å². The maximum atomic E-state index is 11.7. The first-order valence-electron chi connectivity index (χ1n) is 5.00. The molecule has 0 saturated carbocycles. The van der Waals surface area contributed by atoms with E-state index in [4.69, 9.17) is 0 Å². The van der Waals surface area contributed by atoms with E-state index in [1.165, 1.54) is 0 Å². The fourth-order valence-corrected chi connectivity index (χ4v) is 1.32. The van der Waals surface area contributed by atoms with Crippen molar-refractivity contribution in [3.63, 3.8) is 0 Å². The Bertz CT molecular complexity index is 360. The average Bonchev–Trinajstić information content (AvgIpc) is 2.42. The summed E-state index contributed by atoms with van der Waals surface area (Å²) in [4.78, 5) is 35.2. The van der Waals surface area contributed by atoms with E-state index in [2.05, 4.69) is 10.1 Å². The molecule has 1 N–H and O–H groups in total. The highest BCUT2D eigenvalue weighted by atomic mass is 16.5. The highest BCUT2D eigenvalue weighted by Gasteiger charge is 2.35. The minimum Gasteiger partial charge on any atom is -0.463 e. The predicted octanol–water partition coefficient (Wildman–Crippen LogP) is 0.394. The van der Waals surface area contributed by atoms with Crippen molar-refractivity contribution < 1.29 is 19.1 Å². The molecule has 0 aromatic rings. The van der Waals surface area contributed by atoms with Crippen LogP contribution in [0.1, 0.15) is 20.8 Å². The van der Waals surface area contributed by atoms with Crippen LogP contribution in [0.25, 0.3) is 0 Å². The number of esters is 1. The van der Waals surface area contributed by atoms with Gasteiger partial charge in [-0.15, -0.1) is 0 Å². The number of rotatable bonds is 3. The standard InChI is InChI=1S/C10H14N2O4/c1-4-16-8(13)5-7-9(14)12(6(2)3)10(15)11-7/h5-6H,4H2,1-3H3,(H,11,15). The third-order valence-corrected chi connectivity index (χ3v) is 1.97. The average molecular weight is 226 g/mol. The van der Waals surface area contributed by atoms with E-state index in [-0.39, 0.29) is 18.3 Å². The van der Waals surface area contributed by atoms with Gasteiger partial charge >= 0.3 is 12.0 Å². The molecule has 16 heavy (non-hydrogen) atoms. The summed E-state index contributed by atoms with van der Waals surface area (Å²) in [6, 6.07) is -0.767. The van der Waals surface area contributed by atoms with Gasteiger partial charge in [-0.25, -0.2) is 9.59 Å². The first-order valence-corrected chi connectivity index (χ1v) is 5.00. The number of amides is 3. The summed E-state index contributed by atoms with van der Waals surface area (Å²) in [6.07, 6.45) is 0.992. The van der Waals surface area contributed by atoms with Gasteiger partial charge in [-0.2, -0.15) is 0 Å². The molecule has 1 aliphatic heterocycles. The van der Waals surface area contributed by atoms with Crippen LogP contribution in [0, 0.1) is 0 Å². The highest BCUT2D eigenvalue weighted by Crippen LogP contribution is 2.12. The Hall–Kier alpha value is -1.85. The Morgan fingerprint density at radius 2 is 2.12 bits per heavy atom. The SMILES string of the molecule is CCOC(=O)C=C1NC(=O)N(C(C)C)C1=O. The number of hydrogen-bond acceptors (Lipinski definition) is 4. The molecule has 6 heteroatoms. The lowest BCUT2D eigenvalue weighted by atomic mass is 10.3. The van der Waals surface area contributed by atoms with Crippen LogP contribution in [0.5, 0.6) is 0 Å². The van der Waals surface area contributed by atoms with E-state index in [1.54, 1.807) is 20.8 Å². The fraction of sp³-hybridized carbons (Fsp3) is 0.500.